The van der Waals surface area contributed by atoms with Crippen LogP contribution in [0.2, 0.25) is 0 Å². The molecule has 0 unspecified atom stereocenters. The number of benzene rings is 1. The van der Waals surface area contributed by atoms with Gasteiger partial charge < -0.3 is 15.7 Å². The van der Waals surface area contributed by atoms with Gasteiger partial charge >= 0.3 is 0 Å². The second kappa shape index (κ2) is 15.4. The summed E-state index contributed by atoms with van der Waals surface area (Å²) in [5.41, 5.74) is 1.31. The Morgan fingerprint density at radius 1 is 1.14 bits per heavy atom. The summed E-state index contributed by atoms with van der Waals surface area (Å²) in [4.78, 5) is 15.1. The van der Waals surface area contributed by atoms with Crippen LogP contribution in [0.1, 0.15) is 58.4 Å². The summed E-state index contributed by atoms with van der Waals surface area (Å²) in [7, 11) is 0. The Morgan fingerprint density at radius 3 is 2.31 bits per heavy atom. The second-order valence-electron chi connectivity index (χ2n) is 7.18. The highest BCUT2D eigenvalue weighted by Gasteiger charge is 2.25. The Bertz CT molecular complexity index is 604. The number of nitrogens with zero attached hydrogens (tertiary/aromatic N) is 2. The van der Waals surface area contributed by atoms with Crippen LogP contribution in [0, 0.1) is 15.5 Å². The van der Waals surface area contributed by atoms with Gasteiger partial charge in [0.05, 0.1) is 4.92 Å². The van der Waals surface area contributed by atoms with Crippen LogP contribution in [-0.2, 0) is 6.42 Å². The highest BCUT2D eigenvalue weighted by atomic mass is 127. The van der Waals surface area contributed by atoms with Crippen molar-refractivity contribution in [1.82, 2.24) is 10.6 Å². The first kappa shape index (κ1) is 27.6. The third-order valence-corrected chi connectivity index (χ3v) is 5.39. The van der Waals surface area contributed by atoms with E-state index in [2.05, 4.69) is 24.5 Å². The fraction of sp³-hybridized carbons (Fsp3) is 0.667. The van der Waals surface area contributed by atoms with Gasteiger partial charge in [-0.15, -0.1) is 24.0 Å². The third kappa shape index (κ3) is 10.3. The van der Waals surface area contributed by atoms with E-state index >= 15 is 0 Å². The van der Waals surface area contributed by atoms with Crippen molar-refractivity contribution in [2.75, 3.05) is 26.2 Å². The molecule has 0 saturated carbocycles. The average Bonchev–Trinajstić information content (AvgIpc) is 2.71. The molecule has 1 rings (SSSR count). The summed E-state index contributed by atoms with van der Waals surface area (Å²) in [5.74, 6) is 0.821. The highest BCUT2D eigenvalue weighted by molar-refractivity contribution is 14.0. The van der Waals surface area contributed by atoms with Gasteiger partial charge in [-0.3, -0.25) is 15.1 Å². The minimum absolute atomic E-state index is 0. The van der Waals surface area contributed by atoms with Crippen LogP contribution in [0.3, 0.4) is 0 Å². The first-order valence-electron chi connectivity index (χ1n) is 10.4. The van der Waals surface area contributed by atoms with Crippen molar-refractivity contribution in [2.24, 2.45) is 10.4 Å². The van der Waals surface area contributed by atoms with Gasteiger partial charge in [-0.2, -0.15) is 0 Å². The normalized spacial score (nSPS) is 11.7. The molecule has 0 saturated heterocycles. The van der Waals surface area contributed by atoms with E-state index < -0.39 is 0 Å². The standard InChI is InChI=1S/C21H36N4O3.HI/c1-4-21(5-2,14-16-26)17-24-20(22-6-3)23-15-8-7-9-18-10-12-19(13-11-18)25(27)28;/h10-13,26H,4-9,14-17H2,1-3H3,(H2,22,23,24);1H. The molecule has 8 heteroatoms. The molecular formula is C21H37IN4O3. The largest absolute Gasteiger partial charge is 0.396 e. The number of guanidine groups is 1. The Kier molecular flexibility index (Phi) is 14.7. The maximum atomic E-state index is 10.7. The molecule has 166 valence electrons. The number of rotatable bonds is 13. The number of aliphatic imine (C=N–C) groups is 1. The maximum Gasteiger partial charge on any atom is 0.269 e. The third-order valence-electron chi connectivity index (χ3n) is 5.39. The van der Waals surface area contributed by atoms with E-state index in [0.29, 0.717) is 6.54 Å². The predicted molar refractivity (Wildman–Crippen MR) is 130 cm³/mol. The number of aliphatic hydroxyl groups is 1. The lowest BCUT2D eigenvalue weighted by atomic mass is 9.79. The van der Waals surface area contributed by atoms with E-state index in [1.807, 2.05) is 19.1 Å². The number of hydrogen-bond donors (Lipinski definition) is 3. The van der Waals surface area contributed by atoms with E-state index in [9.17, 15) is 15.2 Å². The Labute approximate surface area is 191 Å². The smallest absolute Gasteiger partial charge is 0.269 e. The van der Waals surface area contributed by atoms with Gasteiger partial charge in [-0.25, -0.2) is 0 Å². The first-order chi connectivity index (χ1) is 13.5. The molecule has 0 bridgehead atoms. The molecule has 0 amide bonds. The molecule has 0 fully saturated rings. The van der Waals surface area contributed by atoms with Gasteiger partial charge in [0.2, 0.25) is 0 Å². The van der Waals surface area contributed by atoms with Crippen LogP contribution in [0.15, 0.2) is 29.3 Å². The van der Waals surface area contributed by atoms with Crippen LogP contribution in [0.5, 0.6) is 0 Å². The number of non-ortho nitro benzene ring substituents is 1. The monoisotopic (exact) mass is 520 g/mol. The van der Waals surface area contributed by atoms with Crippen molar-refractivity contribution in [1.29, 1.82) is 0 Å². The quantitative estimate of drug-likeness (QED) is 0.0901. The van der Waals surface area contributed by atoms with Gasteiger partial charge in [-0.1, -0.05) is 26.0 Å². The lowest BCUT2D eigenvalue weighted by Gasteiger charge is -2.29. The zero-order chi connectivity index (χ0) is 20.8. The molecule has 3 N–H and O–H groups in total. The second-order valence-corrected chi connectivity index (χ2v) is 7.18. The molecule has 29 heavy (non-hydrogen) atoms. The summed E-state index contributed by atoms with van der Waals surface area (Å²) in [5, 5.41) is 26.7. The van der Waals surface area contributed by atoms with E-state index in [1.165, 1.54) is 0 Å². The highest BCUT2D eigenvalue weighted by Crippen LogP contribution is 2.30. The molecule has 0 aliphatic rings. The molecule has 0 spiro atoms. The van der Waals surface area contributed by atoms with Crippen LogP contribution < -0.4 is 10.6 Å². The molecule has 1 aromatic rings. The summed E-state index contributed by atoms with van der Waals surface area (Å²) < 4.78 is 0. The molecule has 0 aliphatic carbocycles. The molecule has 7 nitrogen and oxygen atoms in total. The molecule has 0 atom stereocenters. The van der Waals surface area contributed by atoms with Crippen molar-refractivity contribution >= 4 is 35.6 Å². The number of halogens is 1. The molecule has 1 aromatic carbocycles. The molecular weight excluding hydrogens is 483 g/mol. The van der Waals surface area contributed by atoms with Crippen molar-refractivity contribution in [2.45, 2.75) is 59.3 Å². The Morgan fingerprint density at radius 2 is 1.79 bits per heavy atom. The fourth-order valence-electron chi connectivity index (χ4n) is 3.18. The predicted octanol–water partition coefficient (Wildman–Crippen LogP) is 4.28. The topological polar surface area (TPSA) is 99.8 Å². The van der Waals surface area contributed by atoms with Crippen molar-refractivity contribution in [3.63, 3.8) is 0 Å². The molecule has 0 aromatic heterocycles. The number of nitro groups is 1. The minimum atomic E-state index is -0.373. The fourth-order valence-corrected chi connectivity index (χ4v) is 3.18. The summed E-state index contributed by atoms with van der Waals surface area (Å²) in [6.07, 6.45) is 5.68. The average molecular weight is 520 g/mol. The lowest BCUT2D eigenvalue weighted by Crippen LogP contribution is -2.39. The van der Waals surface area contributed by atoms with Crippen LogP contribution >= 0.6 is 24.0 Å². The van der Waals surface area contributed by atoms with Crippen molar-refractivity contribution < 1.29 is 10.0 Å². The Balaban J connectivity index is 0.00000784. The van der Waals surface area contributed by atoms with E-state index in [-0.39, 0.29) is 46.6 Å². The van der Waals surface area contributed by atoms with Gasteiger partial charge in [0.15, 0.2) is 5.96 Å². The minimum Gasteiger partial charge on any atom is -0.396 e. The number of hydrogen-bond acceptors (Lipinski definition) is 4. The van der Waals surface area contributed by atoms with Crippen molar-refractivity contribution in [3.8, 4) is 0 Å². The molecule has 0 aliphatic heterocycles. The Hall–Kier alpha value is -1.42. The van der Waals surface area contributed by atoms with E-state index in [1.54, 1.807) is 12.1 Å². The van der Waals surface area contributed by atoms with Crippen molar-refractivity contribution in [3.05, 3.63) is 39.9 Å². The summed E-state index contributed by atoms with van der Waals surface area (Å²) in [6.45, 7) is 8.90. The van der Waals surface area contributed by atoms with Crippen LogP contribution in [-0.4, -0.2) is 42.2 Å². The van der Waals surface area contributed by atoms with E-state index in [0.717, 1.165) is 63.1 Å². The van der Waals surface area contributed by atoms with Gasteiger partial charge in [0.25, 0.3) is 5.69 Å². The first-order valence-corrected chi connectivity index (χ1v) is 10.4. The van der Waals surface area contributed by atoms with Crippen LogP contribution in [0.4, 0.5) is 5.69 Å². The number of nitrogens with one attached hydrogen (secondary N) is 2. The number of nitro benzene ring substituents is 1. The number of unbranched alkanes of at least 4 members (excludes halogenated alkanes) is 1. The molecule has 0 radical (unpaired) electrons. The van der Waals surface area contributed by atoms with Gasteiger partial charge in [0, 0.05) is 38.4 Å². The zero-order valence-electron chi connectivity index (χ0n) is 17.9. The lowest BCUT2D eigenvalue weighted by molar-refractivity contribution is -0.384. The summed E-state index contributed by atoms with van der Waals surface area (Å²) >= 11 is 0. The zero-order valence-corrected chi connectivity index (χ0v) is 20.3. The number of aliphatic hydroxyl groups excluding tert-OH is 1. The maximum absolute atomic E-state index is 10.7. The summed E-state index contributed by atoms with van der Waals surface area (Å²) in [6, 6.07) is 6.77. The van der Waals surface area contributed by atoms with Crippen LogP contribution in [0.25, 0.3) is 0 Å². The molecule has 0 heterocycles. The van der Waals surface area contributed by atoms with E-state index in [4.69, 9.17) is 4.99 Å². The number of aryl methyl sites for hydroxylation is 1. The SMILES string of the molecule is CCNC(=NCC(CC)(CC)CCO)NCCCCc1ccc([N+](=O)[O-])cc1.I. The van der Waals surface area contributed by atoms with Gasteiger partial charge in [0.1, 0.15) is 0 Å². The van der Waals surface area contributed by atoms with Gasteiger partial charge in [-0.05, 0) is 56.4 Å².